The molecule has 0 saturated carbocycles. The molecule has 13 heavy (non-hydrogen) atoms. The molecule has 1 heterocycles. The average molecular weight is 186 g/mol. The van der Waals surface area contributed by atoms with E-state index in [4.69, 9.17) is 5.11 Å². The van der Waals surface area contributed by atoms with E-state index in [0.717, 1.165) is 26.1 Å². The molecule has 0 aliphatic carbocycles. The molecule has 1 aliphatic heterocycles. The number of piperidine rings is 1. The Kier molecular flexibility index (Phi) is 5.35. The van der Waals surface area contributed by atoms with E-state index < -0.39 is 0 Å². The zero-order valence-electron chi connectivity index (χ0n) is 8.55. The lowest BCUT2D eigenvalue weighted by Crippen LogP contribution is -2.41. The first kappa shape index (κ1) is 11.0. The summed E-state index contributed by atoms with van der Waals surface area (Å²) in [5, 5.41) is 15.6. The molecule has 1 fully saturated rings. The third-order valence-corrected chi connectivity index (χ3v) is 2.72. The van der Waals surface area contributed by atoms with Crippen LogP contribution in [0.4, 0.5) is 0 Å². The quantitative estimate of drug-likeness (QED) is 0.580. The van der Waals surface area contributed by atoms with Gasteiger partial charge in [-0.15, -0.1) is 0 Å². The number of aliphatic hydroxyl groups excluding tert-OH is 1. The summed E-state index contributed by atoms with van der Waals surface area (Å²) in [5.41, 5.74) is 0. The molecule has 1 atom stereocenters. The molecular formula is C10H22N2O. The number of rotatable bonds is 5. The van der Waals surface area contributed by atoms with Crippen LogP contribution in [0.5, 0.6) is 0 Å². The van der Waals surface area contributed by atoms with Crippen molar-refractivity contribution in [3.8, 4) is 0 Å². The predicted molar refractivity (Wildman–Crippen MR) is 54.8 cm³/mol. The Labute approximate surface area is 80.9 Å². The minimum atomic E-state index is 0.315. The van der Waals surface area contributed by atoms with Crippen molar-refractivity contribution in [2.24, 2.45) is 5.92 Å². The highest BCUT2D eigenvalue weighted by Crippen LogP contribution is 2.04. The molecule has 0 aromatic heterocycles. The van der Waals surface area contributed by atoms with Crippen LogP contribution >= 0.6 is 0 Å². The summed E-state index contributed by atoms with van der Waals surface area (Å²) in [6, 6.07) is 0.697. The maximum atomic E-state index is 8.74. The number of nitrogens with one attached hydrogen (secondary N) is 2. The molecule has 1 rings (SSSR count). The second-order valence-corrected chi connectivity index (χ2v) is 4.05. The summed E-state index contributed by atoms with van der Waals surface area (Å²) in [6.45, 7) is 5.84. The van der Waals surface area contributed by atoms with Crippen LogP contribution in [-0.2, 0) is 0 Å². The average Bonchev–Trinajstić information content (AvgIpc) is 2.17. The fourth-order valence-corrected chi connectivity index (χ4v) is 1.72. The minimum Gasteiger partial charge on any atom is -0.396 e. The van der Waals surface area contributed by atoms with E-state index in [9.17, 15) is 0 Å². The van der Waals surface area contributed by atoms with Crippen LogP contribution in [0.15, 0.2) is 0 Å². The van der Waals surface area contributed by atoms with E-state index >= 15 is 0 Å². The molecule has 0 aromatic carbocycles. The van der Waals surface area contributed by atoms with Gasteiger partial charge < -0.3 is 15.7 Å². The molecule has 3 heteroatoms. The third kappa shape index (κ3) is 4.60. The van der Waals surface area contributed by atoms with Gasteiger partial charge >= 0.3 is 0 Å². The minimum absolute atomic E-state index is 0.315. The highest BCUT2D eigenvalue weighted by atomic mass is 16.3. The predicted octanol–water partition coefficient (Wildman–Crippen LogP) is 0.346. The molecular weight excluding hydrogens is 164 g/mol. The van der Waals surface area contributed by atoms with Crippen molar-refractivity contribution in [3.05, 3.63) is 0 Å². The van der Waals surface area contributed by atoms with Gasteiger partial charge in [-0.05, 0) is 44.8 Å². The normalized spacial score (nSPS) is 21.7. The molecule has 1 unspecified atom stereocenters. The maximum absolute atomic E-state index is 8.74. The highest BCUT2D eigenvalue weighted by Gasteiger charge is 2.12. The van der Waals surface area contributed by atoms with E-state index in [1.165, 1.54) is 12.8 Å². The molecule has 1 saturated heterocycles. The summed E-state index contributed by atoms with van der Waals surface area (Å²) >= 11 is 0. The van der Waals surface area contributed by atoms with Crippen molar-refractivity contribution in [2.75, 3.05) is 26.2 Å². The zero-order valence-corrected chi connectivity index (χ0v) is 8.55. The molecule has 0 aromatic rings. The lowest BCUT2D eigenvalue weighted by molar-refractivity contribution is 0.254. The Balaban J connectivity index is 2.03. The molecule has 0 bridgehead atoms. The molecule has 0 spiro atoms. The van der Waals surface area contributed by atoms with Crippen molar-refractivity contribution in [2.45, 2.75) is 32.2 Å². The van der Waals surface area contributed by atoms with E-state index in [1.807, 2.05) is 0 Å². The van der Waals surface area contributed by atoms with Crippen molar-refractivity contribution >= 4 is 0 Å². The molecule has 0 amide bonds. The summed E-state index contributed by atoms with van der Waals surface area (Å²) in [6.07, 6.45) is 3.40. The van der Waals surface area contributed by atoms with Gasteiger partial charge in [-0.25, -0.2) is 0 Å². The van der Waals surface area contributed by atoms with Crippen molar-refractivity contribution < 1.29 is 5.11 Å². The summed E-state index contributed by atoms with van der Waals surface area (Å²) in [4.78, 5) is 0. The van der Waals surface area contributed by atoms with Crippen LogP contribution in [0.1, 0.15) is 26.2 Å². The van der Waals surface area contributed by atoms with E-state index in [-0.39, 0.29) is 0 Å². The van der Waals surface area contributed by atoms with Crippen molar-refractivity contribution in [1.82, 2.24) is 10.6 Å². The van der Waals surface area contributed by atoms with Crippen molar-refractivity contribution in [3.63, 3.8) is 0 Å². The van der Waals surface area contributed by atoms with Crippen LogP contribution in [-0.4, -0.2) is 37.4 Å². The SMILES string of the molecule is CC(CCO)CNC1CCNCC1. The van der Waals surface area contributed by atoms with Gasteiger partial charge in [0.25, 0.3) is 0 Å². The van der Waals surface area contributed by atoms with Crippen molar-refractivity contribution in [1.29, 1.82) is 0 Å². The molecule has 78 valence electrons. The Morgan fingerprint density at radius 3 is 2.77 bits per heavy atom. The number of hydrogen-bond donors (Lipinski definition) is 3. The van der Waals surface area contributed by atoms with Crippen LogP contribution in [0, 0.1) is 5.92 Å². The fourth-order valence-electron chi connectivity index (χ4n) is 1.72. The standard InChI is InChI=1S/C10H22N2O/c1-9(4-7-13)8-12-10-2-5-11-6-3-10/h9-13H,2-8H2,1H3. The highest BCUT2D eigenvalue weighted by molar-refractivity contribution is 4.74. The van der Waals surface area contributed by atoms with E-state index in [1.54, 1.807) is 0 Å². The smallest absolute Gasteiger partial charge is 0.0434 e. The second kappa shape index (κ2) is 6.35. The Morgan fingerprint density at radius 1 is 1.46 bits per heavy atom. The number of hydrogen-bond acceptors (Lipinski definition) is 3. The Bertz CT molecular complexity index is 124. The maximum Gasteiger partial charge on any atom is 0.0434 e. The van der Waals surface area contributed by atoms with Gasteiger partial charge in [-0.1, -0.05) is 6.92 Å². The first-order valence-electron chi connectivity index (χ1n) is 5.38. The van der Waals surface area contributed by atoms with E-state index in [0.29, 0.717) is 18.6 Å². The van der Waals surface area contributed by atoms with Crippen LogP contribution < -0.4 is 10.6 Å². The lowest BCUT2D eigenvalue weighted by atomic mass is 10.0. The summed E-state index contributed by atoms with van der Waals surface area (Å²) in [7, 11) is 0. The lowest BCUT2D eigenvalue weighted by Gasteiger charge is -2.25. The molecule has 3 N–H and O–H groups in total. The first-order chi connectivity index (χ1) is 6.33. The Morgan fingerprint density at radius 2 is 2.15 bits per heavy atom. The van der Waals surface area contributed by atoms with E-state index in [2.05, 4.69) is 17.6 Å². The largest absolute Gasteiger partial charge is 0.396 e. The van der Waals surface area contributed by atoms with Crippen LogP contribution in [0.25, 0.3) is 0 Å². The topological polar surface area (TPSA) is 44.3 Å². The monoisotopic (exact) mass is 186 g/mol. The van der Waals surface area contributed by atoms with Gasteiger partial charge in [0, 0.05) is 12.6 Å². The molecule has 3 nitrogen and oxygen atoms in total. The zero-order chi connectivity index (χ0) is 9.52. The van der Waals surface area contributed by atoms with Gasteiger partial charge in [0.1, 0.15) is 0 Å². The van der Waals surface area contributed by atoms with Gasteiger partial charge in [0.15, 0.2) is 0 Å². The van der Waals surface area contributed by atoms with Gasteiger partial charge in [0.05, 0.1) is 0 Å². The van der Waals surface area contributed by atoms with Gasteiger partial charge in [-0.2, -0.15) is 0 Å². The summed E-state index contributed by atoms with van der Waals surface area (Å²) in [5.74, 6) is 0.597. The van der Waals surface area contributed by atoms with Gasteiger partial charge in [0.2, 0.25) is 0 Å². The first-order valence-corrected chi connectivity index (χ1v) is 5.38. The van der Waals surface area contributed by atoms with Crippen LogP contribution in [0.2, 0.25) is 0 Å². The Hall–Kier alpha value is -0.120. The number of aliphatic hydroxyl groups is 1. The third-order valence-electron chi connectivity index (χ3n) is 2.72. The van der Waals surface area contributed by atoms with Gasteiger partial charge in [-0.3, -0.25) is 0 Å². The summed E-state index contributed by atoms with van der Waals surface area (Å²) < 4.78 is 0. The second-order valence-electron chi connectivity index (χ2n) is 4.05. The molecule has 0 radical (unpaired) electrons. The fraction of sp³-hybridized carbons (Fsp3) is 1.00. The van der Waals surface area contributed by atoms with Crippen LogP contribution in [0.3, 0.4) is 0 Å². The molecule has 1 aliphatic rings.